The molecule has 8 heteroatoms. The van der Waals surface area contributed by atoms with Gasteiger partial charge in [0.15, 0.2) is 0 Å². The molecule has 1 unspecified atom stereocenters. The first-order chi connectivity index (χ1) is 9.36. The second-order valence-electron chi connectivity index (χ2n) is 3.92. The molecule has 0 aliphatic rings. The predicted octanol–water partition coefficient (Wildman–Crippen LogP) is 4.52. The molecule has 0 saturated carbocycles. The van der Waals surface area contributed by atoms with E-state index in [0.717, 1.165) is 12.5 Å². The van der Waals surface area contributed by atoms with Crippen LogP contribution in [-0.2, 0) is 0 Å². The summed E-state index contributed by atoms with van der Waals surface area (Å²) >= 11 is 7.26. The largest absolute Gasteiger partial charge is 0.289 e. The van der Waals surface area contributed by atoms with E-state index in [1.165, 1.54) is 23.9 Å². The van der Waals surface area contributed by atoms with Crippen LogP contribution < -0.4 is 0 Å². The molecule has 0 fully saturated rings. The van der Waals surface area contributed by atoms with Crippen LogP contribution in [0.5, 0.6) is 0 Å². The van der Waals surface area contributed by atoms with E-state index in [4.69, 9.17) is 11.6 Å². The van der Waals surface area contributed by atoms with Crippen LogP contribution >= 0.6 is 23.4 Å². The van der Waals surface area contributed by atoms with E-state index in [0.29, 0.717) is 9.93 Å². The summed E-state index contributed by atoms with van der Waals surface area (Å²) < 4.78 is 0. The summed E-state index contributed by atoms with van der Waals surface area (Å²) in [7, 11) is 0. The number of nitrogens with zero attached hydrogens (tertiary/aromatic N) is 2. The Hall–Kier alpha value is -1.60. The highest BCUT2D eigenvalue weighted by Gasteiger charge is 2.22. The molecule has 0 heterocycles. The van der Waals surface area contributed by atoms with Crippen molar-refractivity contribution in [3.8, 4) is 0 Å². The van der Waals surface area contributed by atoms with Crippen LogP contribution in [0.25, 0.3) is 0 Å². The van der Waals surface area contributed by atoms with Gasteiger partial charge in [0, 0.05) is 16.3 Å². The van der Waals surface area contributed by atoms with Crippen LogP contribution in [0, 0.1) is 20.2 Å². The number of hydrogen-bond acceptors (Lipinski definition) is 5. The van der Waals surface area contributed by atoms with E-state index in [9.17, 15) is 20.2 Å². The van der Waals surface area contributed by atoms with Crippen molar-refractivity contribution in [3.05, 3.63) is 49.5 Å². The maximum absolute atomic E-state index is 11.0. The standard InChI is InChI=1S/C12H13ClN2O4S/c1-3-4-10(13)8(2)20-12-6-5-9(14(16)17)7-11(12)15(18)19/h4-8H,3H2,1-2H3. The fourth-order valence-electron chi connectivity index (χ4n) is 1.47. The summed E-state index contributed by atoms with van der Waals surface area (Å²) in [5.41, 5.74) is -0.582. The van der Waals surface area contributed by atoms with Gasteiger partial charge in [-0.25, -0.2) is 0 Å². The lowest BCUT2D eigenvalue weighted by molar-refractivity contribution is -0.396. The van der Waals surface area contributed by atoms with Gasteiger partial charge in [-0.05, 0) is 19.4 Å². The second-order valence-corrected chi connectivity index (χ2v) is 5.74. The quantitative estimate of drug-likeness (QED) is 0.437. The monoisotopic (exact) mass is 316 g/mol. The second kappa shape index (κ2) is 7.25. The molecular formula is C12H13ClN2O4S. The Kier molecular flexibility index (Phi) is 5.97. The molecule has 108 valence electrons. The predicted molar refractivity (Wildman–Crippen MR) is 79.3 cm³/mol. The lowest BCUT2D eigenvalue weighted by atomic mass is 10.3. The summed E-state index contributed by atoms with van der Waals surface area (Å²) in [4.78, 5) is 20.7. The van der Waals surface area contributed by atoms with Crippen molar-refractivity contribution in [2.24, 2.45) is 0 Å². The van der Waals surface area contributed by atoms with E-state index in [1.54, 1.807) is 0 Å². The highest BCUT2D eigenvalue weighted by atomic mass is 35.5. The van der Waals surface area contributed by atoms with Crippen molar-refractivity contribution in [1.29, 1.82) is 0 Å². The number of nitro benzene ring substituents is 2. The molecule has 1 rings (SSSR count). The fraction of sp³-hybridized carbons (Fsp3) is 0.333. The molecule has 0 aliphatic heterocycles. The number of hydrogen-bond donors (Lipinski definition) is 0. The van der Waals surface area contributed by atoms with Crippen LogP contribution in [0.2, 0.25) is 0 Å². The minimum absolute atomic E-state index is 0.156. The van der Waals surface area contributed by atoms with Gasteiger partial charge in [0.05, 0.1) is 20.8 Å². The van der Waals surface area contributed by atoms with Crippen molar-refractivity contribution < 1.29 is 9.85 Å². The molecule has 0 saturated heterocycles. The molecule has 0 radical (unpaired) electrons. The highest BCUT2D eigenvalue weighted by molar-refractivity contribution is 8.00. The highest BCUT2D eigenvalue weighted by Crippen LogP contribution is 2.37. The number of benzene rings is 1. The summed E-state index contributed by atoms with van der Waals surface area (Å²) in [6.07, 6.45) is 2.60. The smallest absolute Gasteiger partial charge is 0.258 e. The first-order valence-corrected chi connectivity index (χ1v) is 7.07. The van der Waals surface area contributed by atoms with Crippen LogP contribution in [0.4, 0.5) is 11.4 Å². The van der Waals surface area contributed by atoms with Gasteiger partial charge in [0.2, 0.25) is 0 Å². The molecule has 6 nitrogen and oxygen atoms in total. The zero-order chi connectivity index (χ0) is 15.3. The molecule has 0 aliphatic carbocycles. The van der Waals surface area contributed by atoms with Gasteiger partial charge >= 0.3 is 0 Å². The average molecular weight is 317 g/mol. The number of thioether (sulfide) groups is 1. The Balaban J connectivity index is 3.09. The molecule has 1 aromatic rings. The van der Waals surface area contributed by atoms with Gasteiger partial charge in [0.1, 0.15) is 0 Å². The van der Waals surface area contributed by atoms with Crippen molar-refractivity contribution in [1.82, 2.24) is 0 Å². The zero-order valence-electron chi connectivity index (χ0n) is 10.9. The first-order valence-electron chi connectivity index (χ1n) is 5.81. The van der Waals surface area contributed by atoms with E-state index < -0.39 is 9.85 Å². The topological polar surface area (TPSA) is 86.3 Å². The van der Waals surface area contributed by atoms with Crippen molar-refractivity contribution in [2.45, 2.75) is 30.4 Å². The Morgan fingerprint density at radius 3 is 2.55 bits per heavy atom. The number of allylic oxidation sites excluding steroid dienone is 1. The maximum Gasteiger partial charge on any atom is 0.289 e. The summed E-state index contributed by atoms with van der Waals surface area (Å²) in [6.45, 7) is 3.76. The Bertz CT molecular complexity index is 562. The van der Waals surface area contributed by atoms with E-state index in [-0.39, 0.29) is 16.6 Å². The molecule has 0 aromatic heterocycles. The van der Waals surface area contributed by atoms with E-state index in [1.807, 2.05) is 19.9 Å². The zero-order valence-corrected chi connectivity index (χ0v) is 12.5. The van der Waals surface area contributed by atoms with Gasteiger partial charge in [-0.1, -0.05) is 24.6 Å². The maximum atomic E-state index is 11.0. The third-order valence-electron chi connectivity index (χ3n) is 2.44. The van der Waals surface area contributed by atoms with Gasteiger partial charge in [-0.15, -0.1) is 11.8 Å². The van der Waals surface area contributed by atoms with E-state index in [2.05, 4.69) is 0 Å². The molecule has 20 heavy (non-hydrogen) atoms. The van der Waals surface area contributed by atoms with Crippen molar-refractivity contribution in [2.75, 3.05) is 0 Å². The van der Waals surface area contributed by atoms with Crippen molar-refractivity contribution >= 4 is 34.7 Å². The first kappa shape index (κ1) is 16.5. The minimum atomic E-state index is -0.658. The number of non-ortho nitro benzene ring substituents is 1. The number of nitro groups is 2. The lowest BCUT2D eigenvalue weighted by Crippen LogP contribution is -1.99. The molecule has 0 bridgehead atoms. The molecular weight excluding hydrogens is 304 g/mol. The Morgan fingerprint density at radius 1 is 1.40 bits per heavy atom. The molecule has 1 atom stereocenters. The normalized spacial score (nSPS) is 13.1. The van der Waals surface area contributed by atoms with Crippen molar-refractivity contribution in [3.63, 3.8) is 0 Å². The van der Waals surface area contributed by atoms with E-state index >= 15 is 0 Å². The third kappa shape index (κ3) is 4.21. The lowest BCUT2D eigenvalue weighted by Gasteiger charge is -2.10. The van der Waals surface area contributed by atoms with Gasteiger partial charge < -0.3 is 0 Å². The Morgan fingerprint density at radius 2 is 2.05 bits per heavy atom. The van der Waals surface area contributed by atoms with Gasteiger partial charge in [0.25, 0.3) is 11.4 Å². The average Bonchev–Trinajstić information content (AvgIpc) is 2.38. The SMILES string of the molecule is CCC=C(Cl)C(C)Sc1ccc([N+](=O)[O-])cc1[N+](=O)[O-]. The summed E-state index contributed by atoms with van der Waals surface area (Å²) in [5, 5.41) is 22.1. The molecule has 0 spiro atoms. The Labute approximate surface area is 125 Å². The third-order valence-corrected chi connectivity index (χ3v) is 4.26. The number of rotatable bonds is 6. The molecule has 1 aromatic carbocycles. The van der Waals surface area contributed by atoms with Crippen LogP contribution in [0.15, 0.2) is 34.2 Å². The molecule has 0 amide bonds. The summed E-state index contributed by atoms with van der Waals surface area (Å²) in [6, 6.07) is 3.60. The van der Waals surface area contributed by atoms with Crippen LogP contribution in [0.1, 0.15) is 20.3 Å². The molecule has 0 N–H and O–H groups in total. The summed E-state index contributed by atoms with van der Waals surface area (Å²) in [5.74, 6) is 0. The van der Waals surface area contributed by atoms with Gasteiger partial charge in [-0.3, -0.25) is 20.2 Å². The van der Waals surface area contributed by atoms with Gasteiger partial charge in [-0.2, -0.15) is 0 Å². The number of halogens is 1. The van der Waals surface area contributed by atoms with Crippen LogP contribution in [0.3, 0.4) is 0 Å². The minimum Gasteiger partial charge on any atom is -0.258 e. The van der Waals surface area contributed by atoms with Crippen LogP contribution in [-0.4, -0.2) is 15.1 Å². The fourth-order valence-corrected chi connectivity index (χ4v) is 2.75.